The minimum atomic E-state index is -0.720. The predicted molar refractivity (Wildman–Crippen MR) is 71.4 cm³/mol. The van der Waals surface area contributed by atoms with Gasteiger partial charge in [-0.1, -0.05) is 12.1 Å². The fraction of sp³-hybridized carbons (Fsp3) is 0.429. The van der Waals surface area contributed by atoms with E-state index < -0.39 is 6.17 Å². The van der Waals surface area contributed by atoms with Crippen molar-refractivity contribution in [2.75, 3.05) is 7.11 Å². The molecule has 1 aromatic rings. The third-order valence-electron chi connectivity index (χ3n) is 3.73. The van der Waals surface area contributed by atoms with Crippen molar-refractivity contribution in [3.63, 3.8) is 0 Å². The number of hydrogen-bond acceptors (Lipinski definition) is 6. The highest BCUT2D eigenvalue weighted by atomic mass is 16.5. The summed E-state index contributed by atoms with van der Waals surface area (Å²) in [6.07, 6.45) is 3.00. The van der Waals surface area contributed by atoms with Crippen LogP contribution in [0.4, 0.5) is 0 Å². The molecule has 0 unspecified atom stereocenters. The average molecular weight is 275 g/mol. The molecule has 2 aliphatic rings. The third kappa shape index (κ3) is 2.02. The molecule has 1 aliphatic heterocycles. The van der Waals surface area contributed by atoms with Gasteiger partial charge in [0.25, 0.3) is 0 Å². The van der Waals surface area contributed by atoms with Gasteiger partial charge in [-0.15, -0.1) is 0 Å². The molecule has 1 heterocycles. The predicted octanol–water partition coefficient (Wildman–Crippen LogP) is 3.34. The Morgan fingerprint density at radius 1 is 1.30 bits per heavy atom. The Hall–Kier alpha value is -2.08. The highest BCUT2D eigenvalue weighted by molar-refractivity contribution is 5.47. The molecule has 1 atom stereocenters. The molecule has 0 fully saturated rings. The molecule has 0 radical (unpaired) electrons. The van der Waals surface area contributed by atoms with Gasteiger partial charge in [-0.05, 0) is 31.7 Å². The standard InChI is InChI=1S/C14H17N3O3/c1-20-12-8-4-5-9(13(12)18)14-16-15-10-6-2-3-7-11(10)17(14)19/h4-5,8,14,18-19H,2-3,6-7H2,1H3/t14-/m0/s1. The maximum absolute atomic E-state index is 10.4. The normalized spacial score (nSPS) is 21.9. The first kappa shape index (κ1) is 12.9. The summed E-state index contributed by atoms with van der Waals surface area (Å²) < 4.78 is 5.08. The summed E-state index contributed by atoms with van der Waals surface area (Å²) in [6.45, 7) is 0. The number of methoxy groups -OCH3 is 1. The van der Waals surface area contributed by atoms with Crippen LogP contribution in [0.3, 0.4) is 0 Å². The Balaban J connectivity index is 1.97. The van der Waals surface area contributed by atoms with E-state index in [-0.39, 0.29) is 5.75 Å². The van der Waals surface area contributed by atoms with Gasteiger partial charge in [-0.3, -0.25) is 5.21 Å². The van der Waals surface area contributed by atoms with Gasteiger partial charge in [0.15, 0.2) is 17.7 Å². The van der Waals surface area contributed by atoms with Gasteiger partial charge in [0.2, 0.25) is 0 Å². The van der Waals surface area contributed by atoms with E-state index in [1.165, 1.54) is 7.11 Å². The van der Waals surface area contributed by atoms with Crippen molar-refractivity contribution in [1.82, 2.24) is 5.06 Å². The quantitative estimate of drug-likeness (QED) is 0.867. The van der Waals surface area contributed by atoms with Crippen LogP contribution >= 0.6 is 0 Å². The lowest BCUT2D eigenvalue weighted by Crippen LogP contribution is -2.28. The lowest BCUT2D eigenvalue weighted by Gasteiger charge is -2.32. The summed E-state index contributed by atoms with van der Waals surface area (Å²) in [5.41, 5.74) is 2.13. The van der Waals surface area contributed by atoms with Crippen LogP contribution in [0, 0.1) is 0 Å². The lowest BCUT2D eigenvalue weighted by atomic mass is 9.99. The largest absolute Gasteiger partial charge is 0.504 e. The highest BCUT2D eigenvalue weighted by Crippen LogP contribution is 2.42. The third-order valence-corrected chi connectivity index (χ3v) is 3.73. The number of ether oxygens (including phenoxy) is 1. The molecule has 0 saturated heterocycles. The van der Waals surface area contributed by atoms with E-state index in [2.05, 4.69) is 10.2 Å². The van der Waals surface area contributed by atoms with Gasteiger partial charge < -0.3 is 9.84 Å². The van der Waals surface area contributed by atoms with Gasteiger partial charge in [0.1, 0.15) is 0 Å². The van der Waals surface area contributed by atoms with Crippen LogP contribution in [0.15, 0.2) is 39.8 Å². The molecule has 106 valence electrons. The molecule has 1 aliphatic carbocycles. The summed E-state index contributed by atoms with van der Waals surface area (Å²) in [5.74, 6) is 0.340. The molecular weight excluding hydrogens is 258 g/mol. The molecule has 0 spiro atoms. The number of phenols is 1. The van der Waals surface area contributed by atoms with Crippen molar-refractivity contribution in [2.24, 2.45) is 10.2 Å². The van der Waals surface area contributed by atoms with Crippen LogP contribution < -0.4 is 4.74 Å². The number of allylic oxidation sites excluding steroid dienone is 2. The van der Waals surface area contributed by atoms with E-state index in [1.807, 2.05) is 0 Å². The SMILES string of the molecule is COc1cccc([C@H]2N=NC3=C(CCCC3)N2O)c1O. The number of para-hydroxylation sites is 1. The maximum atomic E-state index is 10.4. The van der Waals surface area contributed by atoms with Crippen molar-refractivity contribution in [3.8, 4) is 11.5 Å². The van der Waals surface area contributed by atoms with Gasteiger partial charge in [-0.25, -0.2) is 5.06 Å². The van der Waals surface area contributed by atoms with Crippen LogP contribution in [-0.4, -0.2) is 22.5 Å². The van der Waals surface area contributed by atoms with Crippen LogP contribution in [0.25, 0.3) is 0 Å². The minimum absolute atomic E-state index is 0.0159. The monoisotopic (exact) mass is 275 g/mol. The molecule has 3 rings (SSSR count). The zero-order valence-corrected chi connectivity index (χ0v) is 11.3. The zero-order valence-electron chi connectivity index (χ0n) is 11.3. The second-order valence-electron chi connectivity index (χ2n) is 4.93. The van der Waals surface area contributed by atoms with Crippen LogP contribution in [0.5, 0.6) is 11.5 Å². The number of benzene rings is 1. The first-order valence-electron chi connectivity index (χ1n) is 6.69. The van der Waals surface area contributed by atoms with Gasteiger partial charge in [0.05, 0.1) is 18.5 Å². The number of hydroxylamine groups is 2. The van der Waals surface area contributed by atoms with Crippen LogP contribution in [0.1, 0.15) is 37.4 Å². The van der Waals surface area contributed by atoms with E-state index in [9.17, 15) is 10.3 Å². The van der Waals surface area contributed by atoms with E-state index in [0.717, 1.165) is 42.1 Å². The Bertz CT molecular complexity index is 583. The van der Waals surface area contributed by atoms with Gasteiger partial charge in [0, 0.05) is 5.56 Å². The Morgan fingerprint density at radius 2 is 2.10 bits per heavy atom. The number of azo groups is 1. The summed E-state index contributed by atoms with van der Waals surface area (Å²) in [5, 5.41) is 30.0. The molecule has 6 heteroatoms. The first-order valence-corrected chi connectivity index (χ1v) is 6.69. The smallest absolute Gasteiger partial charge is 0.195 e. The molecule has 1 aromatic carbocycles. The highest BCUT2D eigenvalue weighted by Gasteiger charge is 2.31. The van der Waals surface area contributed by atoms with E-state index in [4.69, 9.17) is 4.74 Å². The Kier molecular flexibility index (Phi) is 3.31. The fourth-order valence-corrected chi connectivity index (χ4v) is 2.66. The van der Waals surface area contributed by atoms with E-state index in [1.54, 1.807) is 18.2 Å². The molecule has 0 saturated carbocycles. The number of nitrogens with zero attached hydrogens (tertiary/aromatic N) is 3. The number of hydrogen-bond donors (Lipinski definition) is 2. The number of phenolic OH excluding ortho intramolecular Hbond substituents is 1. The first-order chi connectivity index (χ1) is 9.72. The van der Waals surface area contributed by atoms with Gasteiger partial charge >= 0.3 is 0 Å². The van der Waals surface area contributed by atoms with Crippen LogP contribution in [-0.2, 0) is 0 Å². The van der Waals surface area contributed by atoms with E-state index >= 15 is 0 Å². The summed E-state index contributed by atoms with van der Waals surface area (Å²) in [7, 11) is 1.49. The second-order valence-corrected chi connectivity index (χ2v) is 4.93. The lowest BCUT2D eigenvalue weighted by molar-refractivity contribution is -0.104. The van der Waals surface area contributed by atoms with Crippen molar-refractivity contribution >= 4 is 0 Å². The number of aromatic hydroxyl groups is 1. The molecule has 20 heavy (non-hydrogen) atoms. The van der Waals surface area contributed by atoms with Crippen molar-refractivity contribution in [2.45, 2.75) is 31.8 Å². The molecule has 2 N–H and O–H groups in total. The maximum Gasteiger partial charge on any atom is 0.195 e. The molecule has 0 amide bonds. The minimum Gasteiger partial charge on any atom is -0.504 e. The Labute approximate surface area is 117 Å². The van der Waals surface area contributed by atoms with Gasteiger partial charge in [-0.2, -0.15) is 10.2 Å². The molecule has 6 nitrogen and oxygen atoms in total. The number of rotatable bonds is 2. The molecule has 0 aromatic heterocycles. The fourth-order valence-electron chi connectivity index (χ4n) is 2.66. The second kappa shape index (κ2) is 5.13. The summed E-state index contributed by atoms with van der Waals surface area (Å²) in [6, 6.07) is 5.12. The topological polar surface area (TPSA) is 77.7 Å². The van der Waals surface area contributed by atoms with Crippen LogP contribution in [0.2, 0.25) is 0 Å². The van der Waals surface area contributed by atoms with E-state index in [0.29, 0.717) is 11.3 Å². The summed E-state index contributed by atoms with van der Waals surface area (Å²) in [4.78, 5) is 0. The zero-order chi connectivity index (χ0) is 14.1. The van der Waals surface area contributed by atoms with Crippen molar-refractivity contribution in [1.29, 1.82) is 0 Å². The molecule has 0 bridgehead atoms. The van der Waals surface area contributed by atoms with Crippen molar-refractivity contribution < 1.29 is 15.1 Å². The molecular formula is C14H17N3O3. The Morgan fingerprint density at radius 3 is 2.90 bits per heavy atom. The van der Waals surface area contributed by atoms with Crippen molar-refractivity contribution in [3.05, 3.63) is 35.2 Å². The average Bonchev–Trinajstić information content (AvgIpc) is 2.49. The summed E-state index contributed by atoms with van der Waals surface area (Å²) >= 11 is 0.